The summed E-state index contributed by atoms with van der Waals surface area (Å²) in [5.74, 6) is 0. The second kappa shape index (κ2) is 6.95. The van der Waals surface area contributed by atoms with Crippen LogP contribution >= 0.6 is 34.2 Å². The highest BCUT2D eigenvalue weighted by Crippen LogP contribution is 2.35. The fourth-order valence-corrected chi connectivity index (χ4v) is 3.70. The summed E-state index contributed by atoms with van der Waals surface area (Å²) in [4.78, 5) is 0. The summed E-state index contributed by atoms with van der Waals surface area (Å²) >= 11 is 9.22. The van der Waals surface area contributed by atoms with Crippen LogP contribution < -0.4 is 0 Å². The first-order valence-electron chi connectivity index (χ1n) is 7.09. The summed E-state index contributed by atoms with van der Waals surface area (Å²) in [7, 11) is 0. The molecule has 0 N–H and O–H groups in total. The molecular formula is C18H20ClI. The van der Waals surface area contributed by atoms with Crippen molar-refractivity contribution in [1.29, 1.82) is 0 Å². The van der Waals surface area contributed by atoms with Crippen molar-refractivity contribution < 1.29 is 0 Å². The Bertz CT molecular complexity index is 604. The largest absolute Gasteiger partial charge is 0.113 e. The molecule has 0 nitrogen and oxygen atoms in total. The molecule has 1 atom stereocenters. The summed E-state index contributed by atoms with van der Waals surface area (Å²) in [6, 6.07) is 13.1. The van der Waals surface area contributed by atoms with Gasteiger partial charge in [-0.3, -0.25) is 0 Å². The summed E-state index contributed by atoms with van der Waals surface area (Å²) < 4.78 is 1.27. The van der Waals surface area contributed by atoms with Crippen molar-refractivity contribution in [2.45, 2.75) is 39.0 Å². The number of aryl methyl sites for hydroxylation is 3. The lowest BCUT2D eigenvalue weighted by atomic mass is 9.94. The highest BCUT2D eigenvalue weighted by Gasteiger charge is 2.17. The normalized spacial score (nSPS) is 12.4. The van der Waals surface area contributed by atoms with Crippen molar-refractivity contribution in [3.63, 3.8) is 0 Å². The van der Waals surface area contributed by atoms with E-state index >= 15 is 0 Å². The van der Waals surface area contributed by atoms with Crippen molar-refractivity contribution in [2.75, 3.05) is 0 Å². The number of hydrogen-bond acceptors (Lipinski definition) is 0. The highest BCUT2D eigenvalue weighted by molar-refractivity contribution is 14.1. The number of hydrogen-bond donors (Lipinski definition) is 0. The predicted molar refractivity (Wildman–Crippen MR) is 96.8 cm³/mol. The Morgan fingerprint density at radius 1 is 1.05 bits per heavy atom. The second-order valence-electron chi connectivity index (χ2n) is 5.08. The van der Waals surface area contributed by atoms with E-state index in [1.165, 1.54) is 31.4 Å². The van der Waals surface area contributed by atoms with Crippen LogP contribution in [-0.2, 0) is 12.8 Å². The van der Waals surface area contributed by atoms with Crippen LogP contribution in [0.15, 0.2) is 36.4 Å². The summed E-state index contributed by atoms with van der Waals surface area (Å²) in [6.45, 7) is 6.51. The molecule has 0 saturated carbocycles. The molecule has 2 rings (SSSR count). The van der Waals surface area contributed by atoms with E-state index in [-0.39, 0.29) is 5.38 Å². The molecule has 0 saturated heterocycles. The van der Waals surface area contributed by atoms with Crippen molar-refractivity contribution in [1.82, 2.24) is 0 Å². The van der Waals surface area contributed by atoms with Gasteiger partial charge in [0.25, 0.3) is 0 Å². The average molecular weight is 399 g/mol. The lowest BCUT2D eigenvalue weighted by Crippen LogP contribution is -2.02. The van der Waals surface area contributed by atoms with Gasteiger partial charge in [-0.05, 0) is 70.2 Å². The van der Waals surface area contributed by atoms with Gasteiger partial charge in [0, 0.05) is 3.57 Å². The van der Waals surface area contributed by atoms with E-state index in [2.05, 4.69) is 79.8 Å². The van der Waals surface area contributed by atoms with E-state index in [9.17, 15) is 0 Å². The average Bonchev–Trinajstić information content (AvgIpc) is 2.48. The van der Waals surface area contributed by atoms with Crippen LogP contribution in [0.2, 0.25) is 0 Å². The number of halogens is 2. The Kier molecular flexibility index (Phi) is 5.50. The minimum absolute atomic E-state index is 0.0664. The fraction of sp³-hybridized carbons (Fsp3) is 0.333. The summed E-state index contributed by atoms with van der Waals surface area (Å²) in [6.07, 6.45) is 2.07. The van der Waals surface area contributed by atoms with Crippen LogP contribution in [0.25, 0.3) is 0 Å². The minimum Gasteiger partial charge on any atom is -0.113 e. The van der Waals surface area contributed by atoms with E-state index in [4.69, 9.17) is 11.6 Å². The molecule has 0 aliphatic rings. The number of benzene rings is 2. The first kappa shape index (κ1) is 15.8. The van der Waals surface area contributed by atoms with Crippen LogP contribution in [0.1, 0.15) is 47.0 Å². The SMILES string of the molecule is CCc1ccc(CC)c(C(Cl)c2cccc(C)c2I)c1. The third kappa shape index (κ3) is 3.20. The standard InChI is InChI=1S/C18H20ClI/c1-4-13-9-10-14(5-2)16(11-13)17(19)15-8-6-7-12(3)18(15)20/h6-11,17H,4-5H2,1-3H3. The molecule has 2 heteroatoms. The molecule has 0 radical (unpaired) electrons. The Morgan fingerprint density at radius 2 is 1.80 bits per heavy atom. The van der Waals surface area contributed by atoms with Gasteiger partial charge in [0.05, 0.1) is 5.38 Å². The van der Waals surface area contributed by atoms with Gasteiger partial charge in [-0.1, -0.05) is 50.2 Å². The maximum absolute atomic E-state index is 6.82. The maximum atomic E-state index is 6.82. The zero-order valence-corrected chi connectivity index (χ0v) is 15.1. The first-order chi connectivity index (χ1) is 9.58. The van der Waals surface area contributed by atoms with E-state index < -0.39 is 0 Å². The van der Waals surface area contributed by atoms with Gasteiger partial charge in [0.2, 0.25) is 0 Å². The molecule has 1 unspecified atom stereocenters. The van der Waals surface area contributed by atoms with Gasteiger partial charge < -0.3 is 0 Å². The van der Waals surface area contributed by atoms with Crippen LogP contribution in [0.5, 0.6) is 0 Å². The van der Waals surface area contributed by atoms with Crippen LogP contribution in [0, 0.1) is 10.5 Å². The van der Waals surface area contributed by atoms with Crippen molar-refractivity contribution in [2.24, 2.45) is 0 Å². The third-order valence-electron chi connectivity index (χ3n) is 3.77. The van der Waals surface area contributed by atoms with Gasteiger partial charge >= 0.3 is 0 Å². The summed E-state index contributed by atoms with van der Waals surface area (Å²) in [5.41, 5.74) is 6.47. The summed E-state index contributed by atoms with van der Waals surface area (Å²) in [5, 5.41) is -0.0664. The zero-order chi connectivity index (χ0) is 14.7. The smallest absolute Gasteiger partial charge is 0.0848 e. The molecule has 2 aromatic carbocycles. The number of alkyl halides is 1. The van der Waals surface area contributed by atoms with Gasteiger partial charge in [-0.2, -0.15) is 0 Å². The quantitative estimate of drug-likeness (QED) is 0.434. The van der Waals surface area contributed by atoms with Gasteiger partial charge in [0.15, 0.2) is 0 Å². The molecule has 0 aliphatic heterocycles. The Morgan fingerprint density at radius 3 is 2.45 bits per heavy atom. The molecule has 0 aliphatic carbocycles. The van der Waals surface area contributed by atoms with E-state index in [1.54, 1.807) is 0 Å². The minimum atomic E-state index is -0.0664. The fourth-order valence-electron chi connectivity index (χ4n) is 2.46. The predicted octanol–water partition coefficient (Wildman–Crippen LogP) is 6.05. The third-order valence-corrected chi connectivity index (χ3v) is 5.71. The molecule has 0 heterocycles. The van der Waals surface area contributed by atoms with E-state index in [0.717, 1.165) is 12.8 Å². The molecule has 20 heavy (non-hydrogen) atoms. The second-order valence-corrected chi connectivity index (χ2v) is 6.60. The van der Waals surface area contributed by atoms with E-state index in [0.29, 0.717) is 0 Å². The molecule has 0 bridgehead atoms. The lowest BCUT2D eigenvalue weighted by Gasteiger charge is -2.18. The first-order valence-corrected chi connectivity index (χ1v) is 8.60. The molecule has 0 aromatic heterocycles. The maximum Gasteiger partial charge on any atom is 0.0848 e. The Hall–Kier alpha value is -0.540. The topological polar surface area (TPSA) is 0 Å². The molecule has 0 fully saturated rings. The monoisotopic (exact) mass is 398 g/mol. The lowest BCUT2D eigenvalue weighted by molar-refractivity contribution is 1.01. The Labute approximate surface area is 140 Å². The van der Waals surface area contributed by atoms with Gasteiger partial charge in [-0.15, -0.1) is 11.6 Å². The molecule has 2 aromatic rings. The molecular weight excluding hydrogens is 379 g/mol. The van der Waals surface area contributed by atoms with Crippen LogP contribution in [-0.4, -0.2) is 0 Å². The van der Waals surface area contributed by atoms with Crippen molar-refractivity contribution in [3.05, 3.63) is 67.8 Å². The van der Waals surface area contributed by atoms with Gasteiger partial charge in [-0.25, -0.2) is 0 Å². The zero-order valence-electron chi connectivity index (χ0n) is 12.2. The van der Waals surface area contributed by atoms with Crippen LogP contribution in [0.3, 0.4) is 0 Å². The van der Waals surface area contributed by atoms with Gasteiger partial charge in [0.1, 0.15) is 0 Å². The van der Waals surface area contributed by atoms with Crippen molar-refractivity contribution in [3.8, 4) is 0 Å². The van der Waals surface area contributed by atoms with Crippen molar-refractivity contribution >= 4 is 34.2 Å². The molecule has 0 amide bonds. The Balaban J connectivity index is 2.51. The highest BCUT2D eigenvalue weighted by atomic mass is 127. The van der Waals surface area contributed by atoms with Crippen LogP contribution in [0.4, 0.5) is 0 Å². The number of rotatable bonds is 4. The van der Waals surface area contributed by atoms with E-state index in [1.807, 2.05) is 0 Å². The molecule has 0 spiro atoms. The molecule has 106 valence electrons.